The fourth-order valence-corrected chi connectivity index (χ4v) is 7.68. The lowest BCUT2D eigenvalue weighted by molar-refractivity contribution is -0.192. The van der Waals surface area contributed by atoms with Gasteiger partial charge in [-0.2, -0.15) is 18.3 Å². The Morgan fingerprint density at radius 2 is 1.68 bits per heavy atom. The number of anilines is 1. The van der Waals surface area contributed by atoms with Gasteiger partial charge in [0.15, 0.2) is 14.8 Å². The van der Waals surface area contributed by atoms with Crippen molar-refractivity contribution in [3.63, 3.8) is 0 Å². The molecule has 218 valence electrons. The predicted molar refractivity (Wildman–Crippen MR) is 157 cm³/mol. The topological polar surface area (TPSA) is 123 Å². The van der Waals surface area contributed by atoms with Gasteiger partial charge in [0.1, 0.15) is 5.01 Å². The summed E-state index contributed by atoms with van der Waals surface area (Å²) in [7, 11) is 2.18. The highest BCUT2D eigenvalue weighted by Crippen LogP contribution is 2.41. The van der Waals surface area contributed by atoms with Crippen LogP contribution in [0.25, 0.3) is 42.3 Å². The molecule has 1 saturated heterocycles. The lowest BCUT2D eigenvalue weighted by atomic mass is 9.79. The van der Waals surface area contributed by atoms with E-state index in [4.69, 9.17) is 19.9 Å². The number of carbonyl (C=O) groups is 1. The van der Waals surface area contributed by atoms with E-state index in [-0.39, 0.29) is 11.1 Å². The molecule has 5 heterocycles. The van der Waals surface area contributed by atoms with E-state index < -0.39 is 12.1 Å². The SMILES string of the molecule is CN(c1nc2sc(-c3ccc(-c4cn[nH]c4)c4cc[nH]c34)nc2s1)C1CC(C)(C)NC(C)(C)C1.O=C(O)C(F)(F)F. The van der Waals surface area contributed by atoms with Crippen molar-refractivity contribution >= 4 is 54.3 Å². The Labute approximate surface area is 241 Å². The lowest BCUT2D eigenvalue weighted by Gasteiger charge is -2.48. The maximum atomic E-state index is 10.6. The van der Waals surface area contributed by atoms with E-state index in [0.717, 1.165) is 54.8 Å². The minimum Gasteiger partial charge on any atom is -0.475 e. The van der Waals surface area contributed by atoms with Crippen LogP contribution in [0, 0.1) is 0 Å². The lowest BCUT2D eigenvalue weighted by Crippen LogP contribution is -2.61. The van der Waals surface area contributed by atoms with Crippen molar-refractivity contribution in [3.05, 3.63) is 36.8 Å². The van der Waals surface area contributed by atoms with Crippen LogP contribution in [0.3, 0.4) is 0 Å². The largest absolute Gasteiger partial charge is 0.490 e. The van der Waals surface area contributed by atoms with Crippen molar-refractivity contribution in [2.45, 2.75) is 63.8 Å². The number of carboxylic acids is 1. The van der Waals surface area contributed by atoms with Crippen molar-refractivity contribution < 1.29 is 23.1 Å². The van der Waals surface area contributed by atoms with Gasteiger partial charge >= 0.3 is 12.1 Å². The first kappa shape index (κ1) is 29.0. The Kier molecular flexibility index (Phi) is 7.37. The molecule has 1 aliphatic rings. The number of carboxylic acid groups (broad SMARTS) is 1. The molecule has 6 rings (SSSR count). The molecule has 0 radical (unpaired) electrons. The maximum absolute atomic E-state index is 10.6. The van der Waals surface area contributed by atoms with Crippen LogP contribution in [0.4, 0.5) is 18.3 Å². The molecule has 0 saturated carbocycles. The third-order valence-corrected chi connectivity index (χ3v) is 9.14. The van der Waals surface area contributed by atoms with Gasteiger partial charge in [-0.3, -0.25) is 5.10 Å². The highest BCUT2D eigenvalue weighted by atomic mass is 32.1. The molecule has 1 aliphatic heterocycles. The van der Waals surface area contributed by atoms with Crippen molar-refractivity contribution in [2.75, 3.05) is 11.9 Å². The molecule has 14 heteroatoms. The minimum absolute atomic E-state index is 0.102. The van der Waals surface area contributed by atoms with Crippen molar-refractivity contribution in [1.29, 1.82) is 0 Å². The Hall–Kier alpha value is -3.49. The monoisotopic (exact) mass is 605 g/mol. The number of piperidine rings is 1. The summed E-state index contributed by atoms with van der Waals surface area (Å²) in [6, 6.07) is 6.86. The average molecular weight is 606 g/mol. The zero-order valence-corrected chi connectivity index (χ0v) is 24.7. The number of alkyl halides is 3. The molecular formula is C27H30F3N7O2S2. The van der Waals surface area contributed by atoms with E-state index in [0.29, 0.717) is 6.04 Å². The van der Waals surface area contributed by atoms with Crippen molar-refractivity contribution in [2.24, 2.45) is 0 Å². The number of H-pyrrole nitrogens is 2. The van der Waals surface area contributed by atoms with E-state index in [1.807, 2.05) is 18.6 Å². The van der Waals surface area contributed by atoms with Crippen LogP contribution >= 0.6 is 22.7 Å². The molecule has 1 aromatic carbocycles. The zero-order chi connectivity index (χ0) is 29.7. The van der Waals surface area contributed by atoms with Gasteiger partial charge in [0, 0.05) is 53.1 Å². The van der Waals surface area contributed by atoms with E-state index in [2.05, 4.69) is 78.3 Å². The fourth-order valence-electron chi connectivity index (χ4n) is 5.58. The van der Waals surface area contributed by atoms with Gasteiger partial charge in [0.05, 0.1) is 11.7 Å². The number of halogens is 3. The standard InChI is InChI=1S/C25H29N7S2.C2HF3O2/c1-24(2)10-15(11-25(3,4)31-24)32(5)23-30-22-21(34-23)29-20(33-22)18-7-6-16(14-12-27-28-13-14)17-8-9-26-19(17)18;3-2(4,5)1(6)7/h6-9,12-13,15,26,31H,10-11H2,1-5H3,(H,27,28);(H,6,7). The number of fused-ring (bicyclic) bond motifs is 2. The van der Waals surface area contributed by atoms with Gasteiger partial charge in [-0.1, -0.05) is 28.7 Å². The molecular weight excluding hydrogens is 575 g/mol. The molecule has 0 spiro atoms. The number of benzene rings is 1. The number of nitrogens with zero attached hydrogens (tertiary/aromatic N) is 4. The quantitative estimate of drug-likeness (QED) is 0.180. The van der Waals surface area contributed by atoms with E-state index in [1.54, 1.807) is 22.7 Å². The van der Waals surface area contributed by atoms with Crippen molar-refractivity contribution in [1.82, 2.24) is 30.5 Å². The molecule has 0 bridgehead atoms. The maximum Gasteiger partial charge on any atom is 0.490 e. The third-order valence-electron chi connectivity index (χ3n) is 6.99. The molecule has 4 N–H and O–H groups in total. The van der Waals surface area contributed by atoms with Crippen LogP contribution in [-0.2, 0) is 4.79 Å². The highest BCUT2D eigenvalue weighted by molar-refractivity contribution is 7.29. The summed E-state index contributed by atoms with van der Waals surface area (Å²) >= 11 is 3.36. The first-order valence-electron chi connectivity index (χ1n) is 12.8. The number of aromatic amines is 2. The second-order valence-corrected chi connectivity index (χ2v) is 13.3. The highest BCUT2D eigenvalue weighted by Gasteiger charge is 2.40. The van der Waals surface area contributed by atoms with Gasteiger partial charge < -0.3 is 20.3 Å². The van der Waals surface area contributed by atoms with Crippen molar-refractivity contribution in [3.8, 4) is 21.7 Å². The van der Waals surface area contributed by atoms with Crippen LogP contribution in [0.5, 0.6) is 0 Å². The molecule has 9 nitrogen and oxygen atoms in total. The van der Waals surface area contributed by atoms with Crippen LogP contribution in [0.2, 0.25) is 0 Å². The van der Waals surface area contributed by atoms with E-state index in [9.17, 15) is 13.2 Å². The smallest absolute Gasteiger partial charge is 0.475 e. The van der Waals surface area contributed by atoms with E-state index in [1.165, 1.54) is 5.39 Å². The summed E-state index contributed by atoms with van der Waals surface area (Å²) in [6.07, 6.45) is 2.86. The van der Waals surface area contributed by atoms with Gasteiger partial charge in [-0.15, -0.1) is 0 Å². The van der Waals surface area contributed by atoms with Crippen LogP contribution in [0.15, 0.2) is 36.8 Å². The van der Waals surface area contributed by atoms with Gasteiger partial charge in [0.2, 0.25) is 0 Å². The molecule has 0 amide bonds. The molecule has 0 aliphatic carbocycles. The molecule has 5 aromatic rings. The van der Waals surface area contributed by atoms with E-state index >= 15 is 0 Å². The summed E-state index contributed by atoms with van der Waals surface area (Å²) in [5.41, 5.74) is 4.64. The Morgan fingerprint density at radius 3 is 2.27 bits per heavy atom. The summed E-state index contributed by atoms with van der Waals surface area (Å²) in [6.45, 7) is 9.18. The molecule has 0 atom stereocenters. The first-order chi connectivity index (χ1) is 19.1. The Balaban J connectivity index is 0.000000431. The summed E-state index contributed by atoms with van der Waals surface area (Å²) < 4.78 is 31.7. The minimum atomic E-state index is -5.08. The van der Waals surface area contributed by atoms with Gasteiger partial charge in [-0.05, 0) is 58.2 Å². The third kappa shape index (κ3) is 6.09. The number of aromatic nitrogens is 5. The summed E-state index contributed by atoms with van der Waals surface area (Å²) in [4.78, 5) is 26.7. The Bertz CT molecular complexity index is 1640. The zero-order valence-electron chi connectivity index (χ0n) is 23.1. The molecule has 1 fully saturated rings. The van der Waals surface area contributed by atoms with Crippen LogP contribution in [-0.4, -0.2) is 66.6 Å². The molecule has 0 unspecified atom stereocenters. The first-order valence-corrected chi connectivity index (χ1v) is 14.5. The fraction of sp³-hybridized carbons (Fsp3) is 0.407. The van der Waals surface area contributed by atoms with Gasteiger partial charge in [-0.25, -0.2) is 14.8 Å². The summed E-state index contributed by atoms with van der Waals surface area (Å²) in [5, 5.41) is 21.1. The van der Waals surface area contributed by atoms with Crippen LogP contribution < -0.4 is 10.2 Å². The van der Waals surface area contributed by atoms with Gasteiger partial charge in [0.25, 0.3) is 0 Å². The number of nitrogens with one attached hydrogen (secondary N) is 3. The van der Waals surface area contributed by atoms with Crippen LogP contribution in [0.1, 0.15) is 40.5 Å². The second kappa shape index (κ2) is 10.4. The summed E-state index contributed by atoms with van der Waals surface area (Å²) in [5.74, 6) is -2.76. The predicted octanol–water partition coefficient (Wildman–Crippen LogP) is 6.67. The average Bonchev–Trinajstić information content (AvgIpc) is 3.65. The molecule has 4 aromatic heterocycles. The Morgan fingerprint density at radius 1 is 1.05 bits per heavy atom. The number of hydrogen-bond acceptors (Lipinski definition) is 8. The number of rotatable bonds is 4. The number of hydrogen-bond donors (Lipinski definition) is 4. The normalized spacial score (nSPS) is 17.0. The molecule has 41 heavy (non-hydrogen) atoms. The second-order valence-electron chi connectivity index (χ2n) is 11.4. The number of aliphatic carboxylic acids is 1. The number of thiazole rings is 2.